The summed E-state index contributed by atoms with van der Waals surface area (Å²) in [5.74, 6) is -0.837. The molecule has 18 heavy (non-hydrogen) atoms. The van der Waals surface area contributed by atoms with E-state index >= 15 is 0 Å². The quantitative estimate of drug-likeness (QED) is 0.438. The molecule has 0 radical (unpaired) electrons. The number of thiocarbonyl (C=S) groups is 1. The van der Waals surface area contributed by atoms with Crippen molar-refractivity contribution in [2.24, 2.45) is 10.9 Å². The van der Waals surface area contributed by atoms with E-state index in [4.69, 9.17) is 0 Å². The van der Waals surface area contributed by atoms with Crippen molar-refractivity contribution in [2.75, 3.05) is 6.54 Å². The summed E-state index contributed by atoms with van der Waals surface area (Å²) in [5.41, 5.74) is 0. The zero-order valence-electron chi connectivity index (χ0n) is 9.42. The second kappa shape index (κ2) is 5.59. The zero-order chi connectivity index (χ0) is 14.0. The molecule has 1 aliphatic rings. The van der Waals surface area contributed by atoms with E-state index in [9.17, 15) is 28.7 Å². The summed E-state index contributed by atoms with van der Waals surface area (Å²) in [7, 11) is -10.1. The third kappa shape index (κ3) is 2.80. The van der Waals surface area contributed by atoms with Crippen molar-refractivity contribution in [3.63, 3.8) is 0 Å². The van der Waals surface area contributed by atoms with Crippen LogP contribution in [0.1, 0.15) is 19.3 Å². The maximum atomic E-state index is 11.6. The number of hydrogen-bond donors (Lipinski definition) is 4. The molecule has 1 aliphatic heterocycles. The average molecular weight is 315 g/mol. The summed E-state index contributed by atoms with van der Waals surface area (Å²) < 4.78 is 23.2. The van der Waals surface area contributed by atoms with Crippen LogP contribution in [0.15, 0.2) is 4.99 Å². The lowest BCUT2D eigenvalue weighted by molar-refractivity contribution is 0.285. The second-order valence-corrected chi connectivity index (χ2v) is 8.48. The van der Waals surface area contributed by atoms with E-state index < -0.39 is 26.0 Å². The number of nitrogens with zero attached hydrogens (tertiary/aromatic N) is 1. The van der Waals surface area contributed by atoms with Crippen LogP contribution in [0.5, 0.6) is 0 Å². The molecule has 7 nitrogen and oxygen atoms in total. The van der Waals surface area contributed by atoms with Gasteiger partial charge in [0.15, 0.2) is 0 Å². The molecule has 0 aliphatic carbocycles. The maximum absolute atomic E-state index is 11.6. The zero-order valence-corrected chi connectivity index (χ0v) is 12.0. The molecule has 0 bridgehead atoms. The van der Waals surface area contributed by atoms with Gasteiger partial charge in [-0.3, -0.25) is 14.1 Å². The fraction of sp³-hybridized carbons (Fsp3) is 0.750. The minimum Gasteiger partial charge on any atom is -0.323 e. The average Bonchev–Trinajstić information content (AvgIpc) is 2.23. The van der Waals surface area contributed by atoms with Crippen LogP contribution < -0.4 is 0 Å². The van der Waals surface area contributed by atoms with E-state index in [1.54, 1.807) is 0 Å². The molecule has 0 aromatic carbocycles. The van der Waals surface area contributed by atoms with Crippen molar-refractivity contribution in [3.8, 4) is 0 Å². The Morgan fingerprint density at radius 3 is 2.33 bits per heavy atom. The van der Waals surface area contributed by atoms with Crippen LogP contribution in [0.2, 0.25) is 0 Å². The van der Waals surface area contributed by atoms with Gasteiger partial charge in [-0.05, 0) is 30.5 Å². The van der Waals surface area contributed by atoms with Crippen molar-refractivity contribution in [1.29, 1.82) is 0 Å². The molecular weight excluding hydrogens is 300 g/mol. The fourth-order valence-electron chi connectivity index (χ4n) is 2.17. The Hall–Kier alpha value is 0.0600. The fourth-order valence-corrected chi connectivity index (χ4v) is 5.59. The Bertz CT molecular complexity index is 419. The summed E-state index contributed by atoms with van der Waals surface area (Å²) in [6, 6.07) is 0. The topological polar surface area (TPSA) is 127 Å². The molecule has 0 saturated heterocycles. The number of hydrogen-bond acceptors (Lipinski definition) is 4. The van der Waals surface area contributed by atoms with Gasteiger partial charge in [0, 0.05) is 12.8 Å². The van der Waals surface area contributed by atoms with Crippen molar-refractivity contribution in [2.45, 2.75) is 24.2 Å². The second-order valence-electron chi connectivity index (χ2n) is 4.14. The SMILES string of the molecule is O=P(O)(O)C1(P(=O)(O)O)C=NCCC1CCC=S. The van der Waals surface area contributed by atoms with Gasteiger partial charge in [0.25, 0.3) is 0 Å². The van der Waals surface area contributed by atoms with E-state index in [-0.39, 0.29) is 12.8 Å². The predicted molar refractivity (Wildman–Crippen MR) is 71.2 cm³/mol. The first-order valence-electron chi connectivity index (χ1n) is 5.22. The monoisotopic (exact) mass is 315 g/mol. The Morgan fingerprint density at radius 1 is 1.33 bits per heavy atom. The molecule has 1 atom stereocenters. The Morgan fingerprint density at radius 2 is 1.89 bits per heavy atom. The van der Waals surface area contributed by atoms with Crippen LogP contribution in [0.25, 0.3) is 0 Å². The lowest BCUT2D eigenvalue weighted by atomic mass is 9.94. The van der Waals surface area contributed by atoms with E-state index in [0.717, 1.165) is 6.21 Å². The van der Waals surface area contributed by atoms with Crippen LogP contribution >= 0.6 is 27.4 Å². The van der Waals surface area contributed by atoms with Crippen molar-refractivity contribution < 1.29 is 28.7 Å². The third-order valence-corrected chi connectivity index (χ3v) is 7.68. The van der Waals surface area contributed by atoms with Crippen molar-refractivity contribution in [1.82, 2.24) is 0 Å². The lowest BCUT2D eigenvalue weighted by Crippen LogP contribution is -2.42. The van der Waals surface area contributed by atoms with Gasteiger partial charge in [-0.2, -0.15) is 0 Å². The number of aliphatic imine (C=N–C) groups is 1. The van der Waals surface area contributed by atoms with E-state index in [2.05, 4.69) is 17.2 Å². The van der Waals surface area contributed by atoms with E-state index in [1.165, 1.54) is 5.37 Å². The highest BCUT2D eigenvalue weighted by molar-refractivity contribution is 7.79. The first-order chi connectivity index (χ1) is 8.17. The molecular formula is C8H15NO6P2S. The van der Waals surface area contributed by atoms with E-state index in [0.29, 0.717) is 13.0 Å². The smallest absolute Gasteiger partial charge is 0.323 e. The summed E-state index contributed by atoms with van der Waals surface area (Å²) in [4.78, 5) is 38.7. The van der Waals surface area contributed by atoms with Crippen LogP contribution in [0.4, 0.5) is 0 Å². The minimum absolute atomic E-state index is 0.214. The van der Waals surface area contributed by atoms with Crippen LogP contribution in [-0.4, -0.2) is 42.6 Å². The standard InChI is InChI=1S/C8H15NO6P2S/c10-16(11,12)8(17(13,14)15)6-9-4-3-7(8)2-1-5-18/h5-7H,1-4H2,(H2,10,11,12)(H2,13,14,15). The molecule has 1 heterocycles. The molecule has 10 heteroatoms. The van der Waals surface area contributed by atoms with E-state index in [1.807, 2.05) is 0 Å². The van der Waals surface area contributed by atoms with Gasteiger partial charge in [0.2, 0.25) is 4.90 Å². The molecule has 0 saturated carbocycles. The Labute approximate surface area is 110 Å². The minimum atomic E-state index is -5.05. The normalized spacial score (nSPS) is 23.9. The summed E-state index contributed by atoms with van der Waals surface area (Å²) in [5, 5.41) is 1.38. The van der Waals surface area contributed by atoms with Crippen LogP contribution in [0, 0.1) is 5.92 Å². The molecule has 0 spiro atoms. The van der Waals surface area contributed by atoms with Gasteiger partial charge in [0.1, 0.15) is 0 Å². The first kappa shape index (κ1) is 16.1. The summed E-state index contributed by atoms with van der Waals surface area (Å²) >= 11 is 4.64. The number of rotatable bonds is 5. The molecule has 0 amide bonds. The molecule has 0 aromatic rings. The molecule has 1 rings (SSSR count). The molecule has 0 fully saturated rings. The van der Waals surface area contributed by atoms with Crippen LogP contribution in [-0.2, 0) is 9.13 Å². The van der Waals surface area contributed by atoms with Crippen LogP contribution in [0.3, 0.4) is 0 Å². The summed E-state index contributed by atoms with van der Waals surface area (Å²) in [6.45, 7) is 0.295. The Kier molecular flexibility index (Phi) is 5.00. The largest absolute Gasteiger partial charge is 0.349 e. The predicted octanol–water partition coefficient (Wildman–Crippen LogP) is 0.909. The lowest BCUT2D eigenvalue weighted by Gasteiger charge is -2.39. The van der Waals surface area contributed by atoms with Gasteiger partial charge < -0.3 is 19.6 Å². The third-order valence-electron chi connectivity index (χ3n) is 3.06. The first-order valence-corrected chi connectivity index (χ1v) is 8.92. The van der Waals surface area contributed by atoms with Gasteiger partial charge in [0.05, 0.1) is 0 Å². The maximum Gasteiger partial charge on any atom is 0.349 e. The molecule has 104 valence electrons. The van der Waals surface area contributed by atoms with Crippen molar-refractivity contribution in [3.05, 3.63) is 0 Å². The summed E-state index contributed by atoms with van der Waals surface area (Å²) in [6.07, 6.45) is 1.54. The van der Waals surface area contributed by atoms with Gasteiger partial charge >= 0.3 is 15.2 Å². The highest BCUT2D eigenvalue weighted by Gasteiger charge is 2.64. The van der Waals surface area contributed by atoms with Gasteiger partial charge in [-0.25, -0.2) is 0 Å². The molecule has 0 aromatic heterocycles. The highest BCUT2D eigenvalue weighted by Crippen LogP contribution is 2.72. The van der Waals surface area contributed by atoms with Gasteiger partial charge in [-0.1, -0.05) is 12.2 Å². The highest BCUT2D eigenvalue weighted by atomic mass is 32.1. The molecule has 4 N–H and O–H groups in total. The molecule has 1 unspecified atom stereocenters. The Balaban J connectivity index is 3.33. The van der Waals surface area contributed by atoms with Crippen molar-refractivity contribution >= 4 is 39.0 Å². The van der Waals surface area contributed by atoms with Gasteiger partial charge in [-0.15, -0.1) is 0 Å².